The van der Waals surface area contributed by atoms with Gasteiger partial charge in [0, 0.05) is 156 Å². The monoisotopic (exact) mass is 1470 g/mol. The summed E-state index contributed by atoms with van der Waals surface area (Å²) in [5.74, 6) is -0.870. The fourth-order valence-corrected chi connectivity index (χ4v) is 15.0. The zero-order chi connectivity index (χ0) is 91.0. The molecule has 1 aliphatic rings. The first-order valence-electron chi connectivity index (χ1n) is 45.1. The average Bonchev–Trinajstić information content (AvgIpc) is 1.03. The summed E-state index contributed by atoms with van der Waals surface area (Å²) in [5, 5.41) is 0. The highest BCUT2D eigenvalue weighted by atomic mass is 15.0. The number of rotatable bonds is 9. The second-order valence-corrected chi connectivity index (χ2v) is 31.5. The summed E-state index contributed by atoms with van der Waals surface area (Å²) in [7, 11) is 12.0. The van der Waals surface area contributed by atoms with Gasteiger partial charge in [0.1, 0.15) is 42.3 Å². The molecular weight excluding hydrogens is 1320 g/mol. The second-order valence-electron chi connectivity index (χ2n) is 31.5. The Bertz CT molecular complexity index is 5700. The van der Waals surface area contributed by atoms with E-state index in [9.17, 15) is 0 Å². The largest absolute Gasteiger partial charge is 0.215 e. The molecule has 109 heavy (non-hydrogen) atoms. The van der Waals surface area contributed by atoms with Crippen LogP contribution >= 0.6 is 0 Å². The van der Waals surface area contributed by atoms with E-state index in [1.165, 1.54) is 94.2 Å². The summed E-state index contributed by atoms with van der Waals surface area (Å²) in [6.45, 7) is 30.1. The molecule has 0 saturated heterocycles. The van der Waals surface area contributed by atoms with Crippen molar-refractivity contribution in [2.24, 2.45) is 47.7 Å². The molecule has 0 aliphatic heterocycles. The van der Waals surface area contributed by atoms with Crippen molar-refractivity contribution >= 4 is 0 Å². The number of benzene rings is 6. The number of nitrogens with zero attached hydrogens (tertiary/aromatic N) is 6. The molecule has 0 N–H and O–H groups in total. The maximum absolute atomic E-state index is 8.30. The molecule has 6 aromatic carbocycles. The standard InChI is InChI=1S/C23H32N.2C17H22N.C16H20N.2C15H18N/c1-17-10-6-9-13-20(17)22-14-21(18-11-7-8-12-18)19(16-24(22)5)15-23(2,3)4;1-11-9-7-8-10-16(11)17-14(4)12(2)13(3)15(5)18(17)6;1-12(2)15-10-11-17(18(5)14(15)4)16-9-7-6-8-13(16)3;1-11-8-6-7-9-15(11)16-10-12(2)13(3)14(4)17(16)5;1-11-9-13(3)16(4)15(10-11)14-8-6-5-7-12(14)2;1-11-9-10-15(16(4)13(11)3)14-8-6-5-7-12(14)2/h6,9-10,13-14,16,18H,7-8,11-12,15H2,1-5H3;7-10H,1-6H3;6-12H,1-5H3;6-10H,1-5H3;2*5-10H,1-4H3/q6*+1/i;3D3;1D3,12D;3D3;;1D3. The Kier molecular flexibility index (Phi) is 23.2. The summed E-state index contributed by atoms with van der Waals surface area (Å²) in [5.41, 5.74) is 35.3. The zero-order valence-electron chi connectivity index (χ0n) is 83.3. The highest BCUT2D eigenvalue weighted by Crippen LogP contribution is 2.39. The van der Waals surface area contributed by atoms with E-state index < -0.39 is 33.3 Å². The third-order valence-corrected chi connectivity index (χ3v) is 22.3. The van der Waals surface area contributed by atoms with Crippen molar-refractivity contribution in [1.82, 2.24) is 0 Å². The Morgan fingerprint density at radius 1 is 0.376 bits per heavy atom. The second kappa shape index (κ2) is 37.6. The van der Waals surface area contributed by atoms with Gasteiger partial charge in [-0.3, -0.25) is 0 Å². The van der Waals surface area contributed by atoms with Crippen molar-refractivity contribution < 1.29 is 45.2 Å². The summed E-state index contributed by atoms with van der Waals surface area (Å²) < 4.78 is 113. The fourth-order valence-electron chi connectivity index (χ4n) is 15.0. The van der Waals surface area contributed by atoms with Crippen LogP contribution in [0, 0.1) is 130 Å². The van der Waals surface area contributed by atoms with Crippen LogP contribution in [0.4, 0.5) is 0 Å². The Morgan fingerprint density at radius 2 is 0.789 bits per heavy atom. The number of hydrogen-bond donors (Lipinski definition) is 0. The Hall–Kier alpha value is -9.78. The molecule has 1 aliphatic carbocycles. The van der Waals surface area contributed by atoms with Crippen molar-refractivity contribution in [1.29, 1.82) is 0 Å². The van der Waals surface area contributed by atoms with E-state index in [0.717, 1.165) is 102 Å². The number of hydrogen-bond acceptors (Lipinski definition) is 0. The van der Waals surface area contributed by atoms with Gasteiger partial charge in [-0.15, -0.1) is 0 Å². The number of pyridine rings is 6. The van der Waals surface area contributed by atoms with Gasteiger partial charge in [0.05, 0.1) is 0 Å². The maximum Gasteiger partial charge on any atom is 0.215 e. The van der Waals surface area contributed by atoms with Crippen molar-refractivity contribution in [2.75, 3.05) is 0 Å². The van der Waals surface area contributed by atoms with Crippen LogP contribution in [-0.2, 0) is 48.7 Å². The summed E-state index contributed by atoms with van der Waals surface area (Å²) >= 11 is 0. The van der Waals surface area contributed by atoms with E-state index in [2.05, 4.69) is 215 Å². The van der Waals surface area contributed by atoms with Gasteiger partial charge >= 0.3 is 0 Å². The average molecular weight is 1470 g/mol. The molecule has 6 aromatic heterocycles. The van der Waals surface area contributed by atoms with Crippen molar-refractivity contribution in [3.63, 3.8) is 0 Å². The van der Waals surface area contributed by atoms with Crippen LogP contribution in [0.15, 0.2) is 200 Å². The predicted octanol–water partition coefficient (Wildman–Crippen LogP) is 23.0. The molecule has 1 fully saturated rings. The van der Waals surface area contributed by atoms with Crippen LogP contribution in [0.25, 0.3) is 67.5 Å². The normalized spacial score (nSPS) is 14.6. The molecule has 0 radical (unpaired) electrons. The SMILES string of the molecule is Cc1cc(C)[n+](C)c(-c2ccccc2C)c1.Cc1ccccc1-c1cc(C2CCCC2)c(CC(C)(C)C)c[n+]1C.[2H]C([2H])([2H])C([2H])(C)c1ccc(-c2ccccc2C)[n+](C)c1C.[2H]C([2H])([2H])c1c(C)c(C)c(-c2ccccc2C)[n+](C)c1C.[2H]C([2H])([2H])c1c(C)cc(-c2ccccc2C)[n+](C)c1C.[2H]C([2H])([2H])c1ccc(-c2ccccc2C)[n+](C)c1C. The maximum atomic E-state index is 8.30. The van der Waals surface area contributed by atoms with Gasteiger partial charge in [0.25, 0.3) is 0 Å². The number of aryl methyl sites for hydroxylation is 11. The molecule has 6 heteroatoms. The molecule has 0 amide bonds. The number of aromatic nitrogens is 6. The van der Waals surface area contributed by atoms with Crippen LogP contribution in [0.2, 0.25) is 0 Å². The lowest BCUT2D eigenvalue weighted by molar-refractivity contribution is -0.667. The first-order valence-corrected chi connectivity index (χ1v) is 38.6. The van der Waals surface area contributed by atoms with Gasteiger partial charge < -0.3 is 0 Å². The van der Waals surface area contributed by atoms with E-state index in [-0.39, 0.29) is 0 Å². The first-order chi connectivity index (χ1) is 56.7. The first kappa shape index (κ1) is 67.3. The highest BCUT2D eigenvalue weighted by Gasteiger charge is 2.29. The van der Waals surface area contributed by atoms with E-state index in [1.807, 2.05) is 168 Å². The van der Waals surface area contributed by atoms with Crippen molar-refractivity contribution in [3.8, 4) is 67.5 Å². The lowest BCUT2D eigenvalue weighted by atomic mass is 9.83. The van der Waals surface area contributed by atoms with Crippen LogP contribution in [0.1, 0.15) is 207 Å². The summed E-state index contributed by atoms with van der Waals surface area (Å²) in [6.07, 6.45) is 9.05. The summed E-state index contributed by atoms with van der Waals surface area (Å²) in [6, 6.07) is 66.0. The molecule has 6 heterocycles. The molecule has 0 bridgehead atoms. The minimum absolute atomic E-state index is 0.324. The van der Waals surface area contributed by atoms with Gasteiger partial charge in [-0.05, 0) is 230 Å². The third kappa shape index (κ3) is 20.6. The minimum Gasteiger partial charge on any atom is -0.201 e. The van der Waals surface area contributed by atoms with E-state index in [0.29, 0.717) is 27.7 Å². The topological polar surface area (TPSA) is 23.3 Å². The zero-order valence-corrected chi connectivity index (χ0v) is 70.3. The van der Waals surface area contributed by atoms with Crippen LogP contribution in [0.5, 0.6) is 0 Å². The molecule has 1 unspecified atom stereocenters. The predicted molar refractivity (Wildman–Crippen MR) is 462 cm³/mol. The van der Waals surface area contributed by atoms with Crippen LogP contribution in [0.3, 0.4) is 0 Å². The molecule has 6 nitrogen and oxygen atoms in total. The van der Waals surface area contributed by atoms with Crippen LogP contribution < -0.4 is 27.4 Å². The van der Waals surface area contributed by atoms with Gasteiger partial charge in [-0.25, -0.2) is 4.57 Å². The molecular formula is C103H132N6+6. The Morgan fingerprint density at radius 3 is 1.24 bits per heavy atom. The third-order valence-electron chi connectivity index (χ3n) is 22.3. The van der Waals surface area contributed by atoms with Gasteiger partial charge in [-0.1, -0.05) is 157 Å². The van der Waals surface area contributed by atoms with E-state index in [1.54, 1.807) is 23.3 Å². The smallest absolute Gasteiger partial charge is 0.201 e. The Balaban J connectivity index is 0.000000183. The molecule has 1 atom stereocenters. The van der Waals surface area contributed by atoms with Crippen molar-refractivity contribution in [2.45, 2.75) is 203 Å². The molecule has 1 saturated carbocycles. The minimum atomic E-state index is -2.37. The summed E-state index contributed by atoms with van der Waals surface area (Å²) in [4.78, 5) is 0. The molecule has 568 valence electrons. The van der Waals surface area contributed by atoms with E-state index >= 15 is 0 Å². The van der Waals surface area contributed by atoms with Crippen LogP contribution in [-0.4, -0.2) is 0 Å². The lowest BCUT2D eigenvalue weighted by Gasteiger charge is -2.22. The molecule has 0 spiro atoms. The van der Waals surface area contributed by atoms with Crippen molar-refractivity contribution in [3.05, 3.63) is 318 Å². The fraction of sp³-hybridized carbons (Fsp3) is 0.359. The quantitative estimate of drug-likeness (QED) is 0.129. The molecule has 13 rings (SSSR count). The lowest BCUT2D eigenvalue weighted by Crippen LogP contribution is -2.37. The van der Waals surface area contributed by atoms with Gasteiger partial charge in [-0.2, -0.15) is 22.8 Å². The Labute approximate surface area is 677 Å². The highest BCUT2D eigenvalue weighted by molar-refractivity contribution is 5.68. The molecule has 12 aromatic rings. The van der Waals surface area contributed by atoms with Gasteiger partial charge in [0.15, 0.2) is 34.7 Å². The van der Waals surface area contributed by atoms with E-state index in [4.69, 9.17) is 17.8 Å². The van der Waals surface area contributed by atoms with Gasteiger partial charge in [0.2, 0.25) is 34.2 Å².